The van der Waals surface area contributed by atoms with Gasteiger partial charge in [0.25, 0.3) is 5.91 Å². The molecule has 1 aliphatic rings. The van der Waals surface area contributed by atoms with Gasteiger partial charge in [0.05, 0.1) is 17.9 Å². The normalized spacial score (nSPS) is 20.0. The molecule has 2 N–H and O–H groups in total. The van der Waals surface area contributed by atoms with Crippen molar-refractivity contribution >= 4 is 5.91 Å². The van der Waals surface area contributed by atoms with E-state index in [0.717, 1.165) is 35.7 Å². The highest BCUT2D eigenvalue weighted by Crippen LogP contribution is 2.29. The third-order valence-electron chi connectivity index (χ3n) is 4.49. The van der Waals surface area contributed by atoms with Crippen LogP contribution in [0.5, 0.6) is 0 Å². The van der Waals surface area contributed by atoms with Crippen LogP contribution in [0.4, 0.5) is 0 Å². The second-order valence-electron chi connectivity index (χ2n) is 6.34. The van der Waals surface area contributed by atoms with Crippen molar-refractivity contribution in [2.75, 3.05) is 6.54 Å². The molecule has 3 rings (SSSR count). The molecule has 0 unspecified atom stereocenters. The number of fused-ring (bicyclic) bond motifs is 1. The average Bonchev–Trinajstić information content (AvgIpc) is 3.09. The van der Waals surface area contributed by atoms with E-state index in [1.165, 1.54) is 0 Å². The number of carbonyl (C=O) groups excluding carboxylic acids is 1. The molecule has 0 bridgehead atoms. The second kappa shape index (κ2) is 6.72. The maximum Gasteiger partial charge on any atom is 0.272 e. The van der Waals surface area contributed by atoms with Crippen molar-refractivity contribution in [2.24, 2.45) is 7.05 Å². The van der Waals surface area contributed by atoms with E-state index in [1.54, 1.807) is 0 Å². The standard InChI is InChI=1S/C16H24N6O2/c1-9-8-12-14(10(2)24-9)20-21-15(12)16(23)17-7-5-6-13-19-18-11(3)22(13)4/h9-10H,5-8H2,1-4H3,(H,17,23)(H,20,21)/t9-,10+/m1/s1. The fraction of sp³-hybridized carbons (Fsp3) is 0.625. The summed E-state index contributed by atoms with van der Waals surface area (Å²) in [5, 5.41) is 18.2. The van der Waals surface area contributed by atoms with Crippen molar-refractivity contribution in [3.05, 3.63) is 28.6 Å². The highest BCUT2D eigenvalue weighted by atomic mass is 16.5. The van der Waals surface area contributed by atoms with Gasteiger partial charge in [-0.2, -0.15) is 5.10 Å². The smallest absolute Gasteiger partial charge is 0.272 e. The molecule has 24 heavy (non-hydrogen) atoms. The first-order valence-corrected chi connectivity index (χ1v) is 8.33. The quantitative estimate of drug-likeness (QED) is 0.803. The lowest BCUT2D eigenvalue weighted by Crippen LogP contribution is -2.28. The summed E-state index contributed by atoms with van der Waals surface area (Å²) in [6.07, 6.45) is 2.32. The third-order valence-corrected chi connectivity index (χ3v) is 4.49. The van der Waals surface area contributed by atoms with E-state index in [0.29, 0.717) is 18.7 Å². The Morgan fingerprint density at radius 2 is 2.21 bits per heavy atom. The van der Waals surface area contributed by atoms with Crippen LogP contribution in [-0.4, -0.2) is 43.5 Å². The Morgan fingerprint density at radius 3 is 2.92 bits per heavy atom. The van der Waals surface area contributed by atoms with Crippen molar-refractivity contribution in [3.63, 3.8) is 0 Å². The first-order valence-electron chi connectivity index (χ1n) is 8.33. The molecule has 0 radical (unpaired) electrons. The zero-order valence-electron chi connectivity index (χ0n) is 14.6. The van der Waals surface area contributed by atoms with Gasteiger partial charge in [0.1, 0.15) is 11.6 Å². The fourth-order valence-corrected chi connectivity index (χ4v) is 3.06. The Bertz CT molecular complexity index is 735. The molecule has 2 aromatic heterocycles. The monoisotopic (exact) mass is 332 g/mol. The molecule has 130 valence electrons. The van der Waals surface area contributed by atoms with Crippen LogP contribution in [0.25, 0.3) is 0 Å². The molecule has 0 fully saturated rings. The third kappa shape index (κ3) is 3.19. The number of nitrogens with zero attached hydrogens (tertiary/aromatic N) is 4. The molecular weight excluding hydrogens is 308 g/mol. The number of carbonyl (C=O) groups is 1. The van der Waals surface area contributed by atoms with E-state index < -0.39 is 0 Å². The number of aryl methyl sites for hydroxylation is 2. The topological polar surface area (TPSA) is 97.7 Å². The number of hydrogen-bond acceptors (Lipinski definition) is 5. The number of ether oxygens (including phenoxy) is 1. The maximum absolute atomic E-state index is 12.4. The van der Waals surface area contributed by atoms with Gasteiger partial charge in [0.2, 0.25) is 0 Å². The van der Waals surface area contributed by atoms with Gasteiger partial charge in [-0.15, -0.1) is 10.2 Å². The van der Waals surface area contributed by atoms with Crippen LogP contribution in [0.15, 0.2) is 0 Å². The highest BCUT2D eigenvalue weighted by Gasteiger charge is 2.29. The Labute approximate surface area is 141 Å². The van der Waals surface area contributed by atoms with Gasteiger partial charge < -0.3 is 14.6 Å². The summed E-state index contributed by atoms with van der Waals surface area (Å²) in [4.78, 5) is 12.4. The molecule has 0 saturated heterocycles. The molecule has 0 saturated carbocycles. The van der Waals surface area contributed by atoms with Crippen molar-refractivity contribution in [3.8, 4) is 0 Å². The first-order chi connectivity index (χ1) is 11.5. The molecule has 1 amide bonds. The minimum atomic E-state index is -0.136. The van der Waals surface area contributed by atoms with Crippen LogP contribution in [0, 0.1) is 6.92 Å². The van der Waals surface area contributed by atoms with Gasteiger partial charge in [-0.1, -0.05) is 0 Å². The Balaban J connectivity index is 1.55. The van der Waals surface area contributed by atoms with Crippen LogP contribution in [0.1, 0.15) is 59.8 Å². The summed E-state index contributed by atoms with van der Waals surface area (Å²) < 4.78 is 7.72. The number of amides is 1. The van der Waals surface area contributed by atoms with Gasteiger partial charge >= 0.3 is 0 Å². The summed E-state index contributed by atoms with van der Waals surface area (Å²) in [6.45, 7) is 6.48. The highest BCUT2D eigenvalue weighted by molar-refractivity contribution is 5.94. The summed E-state index contributed by atoms with van der Waals surface area (Å²) in [7, 11) is 1.95. The number of nitrogens with one attached hydrogen (secondary N) is 2. The van der Waals surface area contributed by atoms with Crippen molar-refractivity contribution in [1.82, 2.24) is 30.3 Å². The van der Waals surface area contributed by atoms with E-state index in [2.05, 4.69) is 25.7 Å². The lowest BCUT2D eigenvalue weighted by Gasteiger charge is -2.25. The van der Waals surface area contributed by atoms with E-state index in [4.69, 9.17) is 4.74 Å². The van der Waals surface area contributed by atoms with Crippen LogP contribution in [0.2, 0.25) is 0 Å². The maximum atomic E-state index is 12.4. The molecule has 0 aliphatic carbocycles. The van der Waals surface area contributed by atoms with Crippen molar-refractivity contribution in [1.29, 1.82) is 0 Å². The molecule has 0 spiro atoms. The molecule has 2 atom stereocenters. The second-order valence-corrected chi connectivity index (χ2v) is 6.34. The number of hydrogen-bond donors (Lipinski definition) is 2. The van der Waals surface area contributed by atoms with Crippen LogP contribution >= 0.6 is 0 Å². The largest absolute Gasteiger partial charge is 0.369 e. The summed E-state index contributed by atoms with van der Waals surface area (Å²) in [5.41, 5.74) is 2.37. The van der Waals surface area contributed by atoms with E-state index in [-0.39, 0.29) is 18.1 Å². The number of aromatic nitrogens is 5. The SMILES string of the molecule is Cc1nnc(CCCNC(=O)c2n[nH]c3c2C[C@@H](C)O[C@H]3C)n1C. The van der Waals surface area contributed by atoms with E-state index >= 15 is 0 Å². The molecule has 2 aromatic rings. The Hall–Kier alpha value is -2.22. The van der Waals surface area contributed by atoms with E-state index in [1.807, 2.05) is 32.4 Å². The zero-order valence-corrected chi connectivity index (χ0v) is 14.6. The fourth-order valence-electron chi connectivity index (χ4n) is 3.06. The molecule has 0 aromatic carbocycles. The van der Waals surface area contributed by atoms with Crippen molar-refractivity contribution < 1.29 is 9.53 Å². The molecule has 8 heteroatoms. The minimum Gasteiger partial charge on any atom is -0.369 e. The van der Waals surface area contributed by atoms with Crippen molar-refractivity contribution in [2.45, 2.75) is 52.2 Å². The van der Waals surface area contributed by atoms with Crippen LogP contribution in [-0.2, 0) is 24.6 Å². The Morgan fingerprint density at radius 1 is 1.42 bits per heavy atom. The lowest BCUT2D eigenvalue weighted by atomic mass is 9.99. The molecule has 3 heterocycles. The zero-order chi connectivity index (χ0) is 17.3. The average molecular weight is 332 g/mol. The lowest BCUT2D eigenvalue weighted by molar-refractivity contribution is -0.00697. The van der Waals surface area contributed by atoms with Crippen LogP contribution in [0.3, 0.4) is 0 Å². The summed E-state index contributed by atoms with van der Waals surface area (Å²) in [5.74, 6) is 1.68. The van der Waals surface area contributed by atoms with Gasteiger partial charge in [0, 0.05) is 32.0 Å². The van der Waals surface area contributed by atoms with E-state index in [9.17, 15) is 4.79 Å². The Kier molecular flexibility index (Phi) is 4.66. The predicted molar refractivity (Wildman–Crippen MR) is 87.6 cm³/mol. The van der Waals surface area contributed by atoms with Gasteiger partial charge in [-0.25, -0.2) is 0 Å². The predicted octanol–water partition coefficient (Wildman–Crippen LogP) is 1.23. The summed E-state index contributed by atoms with van der Waals surface area (Å²) in [6, 6.07) is 0. The first kappa shape index (κ1) is 16.6. The van der Waals surface area contributed by atoms with Gasteiger partial charge in [0.15, 0.2) is 5.69 Å². The van der Waals surface area contributed by atoms with Gasteiger partial charge in [-0.05, 0) is 27.2 Å². The van der Waals surface area contributed by atoms with Gasteiger partial charge in [-0.3, -0.25) is 9.89 Å². The van der Waals surface area contributed by atoms with Crippen LogP contribution < -0.4 is 5.32 Å². The summed E-state index contributed by atoms with van der Waals surface area (Å²) >= 11 is 0. The number of rotatable bonds is 5. The molecular formula is C16H24N6O2. The molecule has 8 nitrogen and oxygen atoms in total. The molecule has 1 aliphatic heterocycles. The minimum absolute atomic E-state index is 0.0584. The number of H-pyrrole nitrogens is 1. The number of aromatic amines is 1.